The zero-order chi connectivity index (χ0) is 23.6. The zero-order valence-corrected chi connectivity index (χ0v) is 18.6. The van der Waals surface area contributed by atoms with Crippen LogP contribution in [0.5, 0.6) is 5.75 Å². The van der Waals surface area contributed by atoms with Crippen LogP contribution in [0, 0.1) is 31.4 Å². The number of aromatic nitrogens is 3. The third-order valence-corrected chi connectivity index (χ3v) is 5.83. The minimum Gasteiger partial charge on any atom is -0.489 e. The number of nitrogens with zero attached hydrogens (tertiary/aromatic N) is 3. The van der Waals surface area contributed by atoms with Gasteiger partial charge in [-0.1, -0.05) is 12.1 Å². The topological polar surface area (TPSA) is 86.2 Å². The van der Waals surface area contributed by atoms with Crippen LogP contribution in [0.3, 0.4) is 0 Å². The number of ether oxygens (including phenoxy) is 2. The number of benzene rings is 1. The van der Waals surface area contributed by atoms with Crippen LogP contribution in [0.1, 0.15) is 29.1 Å². The van der Waals surface area contributed by atoms with Crippen molar-refractivity contribution in [1.29, 1.82) is 0 Å². The van der Waals surface area contributed by atoms with E-state index in [0.717, 1.165) is 11.8 Å². The van der Waals surface area contributed by atoms with Gasteiger partial charge < -0.3 is 14.8 Å². The summed E-state index contributed by atoms with van der Waals surface area (Å²) >= 11 is 0. The van der Waals surface area contributed by atoms with E-state index in [9.17, 15) is 13.6 Å². The summed E-state index contributed by atoms with van der Waals surface area (Å²) in [6, 6.07) is 7.52. The van der Waals surface area contributed by atoms with E-state index < -0.39 is 17.2 Å². The predicted molar refractivity (Wildman–Crippen MR) is 117 cm³/mol. The molecule has 1 saturated carbocycles. The number of hydrogen-bond acceptors (Lipinski definition) is 6. The number of nitrogens with one attached hydrogen (secondary N) is 1. The molecule has 7 nitrogen and oxygen atoms in total. The Kier molecular flexibility index (Phi) is 6.33. The maximum atomic E-state index is 13.6. The van der Waals surface area contributed by atoms with E-state index in [-0.39, 0.29) is 30.8 Å². The molecule has 33 heavy (non-hydrogen) atoms. The molecule has 172 valence electrons. The molecule has 1 fully saturated rings. The van der Waals surface area contributed by atoms with Gasteiger partial charge in [-0.15, -0.1) is 0 Å². The minimum atomic E-state index is -0.665. The van der Waals surface area contributed by atoms with Crippen molar-refractivity contribution in [2.45, 2.75) is 32.3 Å². The highest BCUT2D eigenvalue weighted by molar-refractivity contribution is 5.95. The minimum absolute atomic E-state index is 0.162. The van der Waals surface area contributed by atoms with Crippen LogP contribution in [0.4, 0.5) is 14.6 Å². The van der Waals surface area contributed by atoms with Gasteiger partial charge in [0.15, 0.2) is 5.75 Å². The van der Waals surface area contributed by atoms with Gasteiger partial charge in [0.05, 0.1) is 31.5 Å². The van der Waals surface area contributed by atoms with Gasteiger partial charge >= 0.3 is 0 Å². The maximum absolute atomic E-state index is 13.6. The molecule has 1 aliphatic rings. The van der Waals surface area contributed by atoms with Gasteiger partial charge in [0.2, 0.25) is 5.91 Å². The monoisotopic (exact) mass is 454 g/mol. The van der Waals surface area contributed by atoms with Crippen LogP contribution >= 0.6 is 0 Å². The molecule has 9 heteroatoms. The van der Waals surface area contributed by atoms with Crippen LogP contribution in [0.15, 0.2) is 42.7 Å². The van der Waals surface area contributed by atoms with E-state index in [4.69, 9.17) is 9.47 Å². The summed E-state index contributed by atoms with van der Waals surface area (Å²) in [4.78, 5) is 25.5. The number of rotatable bonds is 8. The van der Waals surface area contributed by atoms with Gasteiger partial charge in [0, 0.05) is 12.5 Å². The number of hydrogen-bond donors (Lipinski definition) is 1. The molecule has 3 aromatic rings. The molecule has 0 saturated heterocycles. The normalized spacial score (nSPS) is 19.2. The molecule has 2 heterocycles. The van der Waals surface area contributed by atoms with Crippen molar-refractivity contribution in [3.05, 3.63) is 77.0 Å². The quantitative estimate of drug-likeness (QED) is 0.556. The summed E-state index contributed by atoms with van der Waals surface area (Å²) in [6.07, 6.45) is 3.15. The van der Waals surface area contributed by atoms with E-state index in [2.05, 4.69) is 20.3 Å². The number of anilines is 1. The van der Waals surface area contributed by atoms with Gasteiger partial charge in [-0.05, 0) is 49.6 Å². The lowest BCUT2D eigenvalue weighted by molar-refractivity contribution is -0.117. The first-order valence-electron chi connectivity index (χ1n) is 10.5. The number of aryl methyl sites for hydroxylation is 2. The largest absolute Gasteiger partial charge is 0.489 e. The molecule has 0 aliphatic heterocycles. The highest BCUT2D eigenvalue weighted by Crippen LogP contribution is 2.55. The first-order chi connectivity index (χ1) is 15.8. The van der Waals surface area contributed by atoms with Gasteiger partial charge in [-0.3, -0.25) is 4.79 Å². The first kappa shape index (κ1) is 22.7. The van der Waals surface area contributed by atoms with Gasteiger partial charge in [-0.25, -0.2) is 23.7 Å². The van der Waals surface area contributed by atoms with Gasteiger partial charge in [0.1, 0.15) is 29.0 Å². The molecule has 0 unspecified atom stereocenters. The Hall–Kier alpha value is -3.46. The summed E-state index contributed by atoms with van der Waals surface area (Å²) in [5.41, 5.74) is 1.11. The third-order valence-electron chi connectivity index (χ3n) is 5.83. The molecule has 2 aromatic heterocycles. The standard InChI is InChI=1S/C24H24F2N4O3/c1-14-8-22(28-10-19(14)26)30-23(31)18-9-24(18,16-4-6-17(25)7-5-16)13-33-21-11-27-15(2)29-20(21)12-32-3/h4-8,10-11,18H,9,12-13H2,1-3H3,(H,28,30,31)/t18-,24+/m0/s1. The van der Waals surface area contributed by atoms with Gasteiger partial charge in [-0.2, -0.15) is 0 Å². The lowest BCUT2D eigenvalue weighted by atomic mass is 9.93. The molecule has 0 bridgehead atoms. The average molecular weight is 454 g/mol. The molecule has 0 spiro atoms. The second kappa shape index (κ2) is 9.19. The Balaban J connectivity index is 1.57. The lowest BCUT2D eigenvalue weighted by Gasteiger charge is -2.20. The number of carbonyl (C=O) groups excluding carboxylic acids is 1. The van der Waals surface area contributed by atoms with Crippen molar-refractivity contribution in [3.8, 4) is 5.75 Å². The van der Waals surface area contributed by atoms with Crippen molar-refractivity contribution in [1.82, 2.24) is 15.0 Å². The van der Waals surface area contributed by atoms with E-state index in [0.29, 0.717) is 29.3 Å². The molecular weight excluding hydrogens is 430 g/mol. The number of halogens is 2. The summed E-state index contributed by atoms with van der Waals surface area (Å²) in [6.45, 7) is 3.79. The van der Waals surface area contributed by atoms with E-state index in [1.807, 2.05) is 0 Å². The second-order valence-corrected chi connectivity index (χ2v) is 8.18. The Bertz CT molecular complexity index is 1170. The molecule has 1 N–H and O–H groups in total. The van der Waals surface area contributed by atoms with E-state index >= 15 is 0 Å². The van der Waals surface area contributed by atoms with Crippen molar-refractivity contribution >= 4 is 11.7 Å². The fourth-order valence-electron chi connectivity index (χ4n) is 3.89. The zero-order valence-electron chi connectivity index (χ0n) is 18.6. The Morgan fingerprint density at radius 3 is 2.64 bits per heavy atom. The molecule has 0 radical (unpaired) electrons. The van der Waals surface area contributed by atoms with Crippen LogP contribution in [0.25, 0.3) is 0 Å². The molecule has 1 amide bonds. The van der Waals surface area contributed by atoms with Crippen molar-refractivity contribution in [2.75, 3.05) is 19.0 Å². The Morgan fingerprint density at radius 1 is 1.18 bits per heavy atom. The van der Waals surface area contributed by atoms with Crippen LogP contribution in [0.2, 0.25) is 0 Å². The first-order valence-corrected chi connectivity index (χ1v) is 10.5. The molecule has 1 aliphatic carbocycles. The Labute approximate surface area is 190 Å². The van der Waals surface area contributed by atoms with Crippen LogP contribution < -0.4 is 10.1 Å². The summed E-state index contributed by atoms with van der Waals surface area (Å²) < 4.78 is 38.4. The fraction of sp³-hybridized carbons (Fsp3) is 0.333. The third kappa shape index (κ3) is 4.83. The predicted octanol–water partition coefficient (Wildman–Crippen LogP) is 3.89. The van der Waals surface area contributed by atoms with E-state index in [1.165, 1.54) is 18.2 Å². The number of amides is 1. The van der Waals surface area contributed by atoms with Crippen molar-refractivity contribution in [2.24, 2.45) is 5.92 Å². The fourth-order valence-corrected chi connectivity index (χ4v) is 3.89. The van der Waals surface area contributed by atoms with Gasteiger partial charge in [0.25, 0.3) is 0 Å². The number of carbonyl (C=O) groups is 1. The van der Waals surface area contributed by atoms with E-state index in [1.54, 1.807) is 39.3 Å². The molecule has 2 atom stereocenters. The molecule has 1 aromatic carbocycles. The average Bonchev–Trinajstić information content (AvgIpc) is 3.52. The number of pyridine rings is 1. The SMILES string of the molecule is COCc1nc(C)ncc1OC[C@@]1(c2ccc(F)cc2)C[C@H]1C(=O)Nc1cc(C)c(F)cn1. The molecular formula is C24H24F2N4O3. The molecule has 4 rings (SSSR count). The van der Waals surface area contributed by atoms with Crippen LogP contribution in [-0.4, -0.2) is 34.6 Å². The maximum Gasteiger partial charge on any atom is 0.229 e. The highest BCUT2D eigenvalue weighted by Gasteiger charge is 2.60. The smallest absolute Gasteiger partial charge is 0.229 e. The summed E-state index contributed by atoms with van der Waals surface area (Å²) in [7, 11) is 1.56. The lowest BCUT2D eigenvalue weighted by Crippen LogP contribution is -2.27. The van der Waals surface area contributed by atoms with Crippen molar-refractivity contribution < 1.29 is 23.0 Å². The highest BCUT2D eigenvalue weighted by atomic mass is 19.1. The van der Waals surface area contributed by atoms with Crippen molar-refractivity contribution in [3.63, 3.8) is 0 Å². The second-order valence-electron chi connectivity index (χ2n) is 8.18. The summed E-state index contributed by atoms with van der Waals surface area (Å²) in [5.74, 6) is -0.184. The summed E-state index contributed by atoms with van der Waals surface area (Å²) in [5, 5.41) is 2.75. The van der Waals surface area contributed by atoms with Crippen LogP contribution in [-0.2, 0) is 21.6 Å². The Morgan fingerprint density at radius 2 is 1.94 bits per heavy atom. The number of methoxy groups -OCH3 is 1.